The van der Waals surface area contributed by atoms with Crippen molar-refractivity contribution in [1.82, 2.24) is 15.0 Å². The van der Waals surface area contributed by atoms with E-state index in [0.29, 0.717) is 27.6 Å². The molecule has 9 heteroatoms. The van der Waals surface area contributed by atoms with Crippen LogP contribution in [-0.2, 0) is 0 Å². The van der Waals surface area contributed by atoms with E-state index in [2.05, 4.69) is 25.6 Å². The molecule has 0 aliphatic carbocycles. The first-order valence-electron chi connectivity index (χ1n) is 7.34. The Morgan fingerprint density at radius 1 is 1.32 bits per heavy atom. The normalized spacial score (nSPS) is 11.9. The third-order valence-corrected chi connectivity index (χ3v) is 3.70. The summed E-state index contributed by atoms with van der Waals surface area (Å²) < 4.78 is 0. The van der Waals surface area contributed by atoms with E-state index in [1.54, 1.807) is 25.1 Å². The number of nitrogens with one attached hydrogen (secondary N) is 3. The Morgan fingerprint density at radius 3 is 2.88 bits per heavy atom. The largest absolute Gasteiger partial charge is 0.465 e. The zero-order valence-electron chi connectivity index (χ0n) is 13.1. The van der Waals surface area contributed by atoms with Crippen molar-refractivity contribution in [3.8, 4) is 0 Å². The summed E-state index contributed by atoms with van der Waals surface area (Å²) in [7, 11) is 0. The fraction of sp³-hybridized carbons (Fsp3) is 0.125. The molecule has 1 aromatic carbocycles. The van der Waals surface area contributed by atoms with Gasteiger partial charge < -0.3 is 15.4 Å². The number of aromatic amines is 1. The van der Waals surface area contributed by atoms with Crippen LogP contribution in [0.15, 0.2) is 41.3 Å². The molecule has 0 saturated heterocycles. The predicted octanol–water partition coefficient (Wildman–Crippen LogP) is 3.23. The Bertz CT molecular complexity index is 1000. The van der Waals surface area contributed by atoms with Crippen molar-refractivity contribution in [3.63, 3.8) is 0 Å². The zero-order valence-corrected chi connectivity index (χ0v) is 13.8. The number of fused-ring (bicyclic) bond motifs is 1. The molecule has 1 atom stereocenters. The van der Waals surface area contributed by atoms with Crippen LogP contribution in [0.3, 0.4) is 0 Å². The van der Waals surface area contributed by atoms with E-state index in [9.17, 15) is 9.59 Å². The number of rotatable bonds is 4. The second-order valence-corrected chi connectivity index (χ2v) is 5.78. The van der Waals surface area contributed by atoms with Crippen LogP contribution in [0, 0.1) is 0 Å². The lowest BCUT2D eigenvalue weighted by Crippen LogP contribution is -2.22. The molecule has 1 amide bonds. The van der Waals surface area contributed by atoms with Crippen molar-refractivity contribution in [1.29, 1.82) is 0 Å². The first-order valence-corrected chi connectivity index (χ1v) is 7.72. The Balaban J connectivity index is 1.89. The maximum atomic E-state index is 12.3. The number of hydrogen-bond donors (Lipinski definition) is 4. The molecule has 0 fully saturated rings. The molecule has 0 aliphatic rings. The maximum absolute atomic E-state index is 12.3. The van der Waals surface area contributed by atoms with Crippen molar-refractivity contribution in [2.24, 2.45) is 0 Å². The first kappa shape index (κ1) is 16.7. The number of carbonyl (C=O) groups is 1. The van der Waals surface area contributed by atoms with Crippen LogP contribution in [-0.4, -0.2) is 26.2 Å². The average Bonchev–Trinajstić information content (AvgIpc) is 2.54. The molecule has 4 N–H and O–H groups in total. The van der Waals surface area contributed by atoms with E-state index >= 15 is 0 Å². The molecule has 0 unspecified atom stereocenters. The van der Waals surface area contributed by atoms with Gasteiger partial charge in [0.05, 0.1) is 17.1 Å². The minimum atomic E-state index is -1.17. The van der Waals surface area contributed by atoms with E-state index in [-0.39, 0.29) is 11.3 Å². The monoisotopic (exact) mass is 359 g/mol. The van der Waals surface area contributed by atoms with Gasteiger partial charge in [-0.05, 0) is 31.2 Å². The summed E-state index contributed by atoms with van der Waals surface area (Å²) in [5.41, 5.74) is 1.48. The summed E-state index contributed by atoms with van der Waals surface area (Å²) in [5.74, 6) is 0.408. The SMILES string of the molecule is C[C@H](Nc1cc(NC(=O)O)ccn1)c1nc2cc(Cl)ccc2[nH]c1=O. The van der Waals surface area contributed by atoms with Gasteiger partial charge in [-0.3, -0.25) is 10.1 Å². The quantitative estimate of drug-likeness (QED) is 0.567. The van der Waals surface area contributed by atoms with Crippen molar-refractivity contribution in [3.05, 3.63) is 57.6 Å². The molecule has 0 bridgehead atoms. The molecule has 25 heavy (non-hydrogen) atoms. The van der Waals surface area contributed by atoms with Gasteiger partial charge in [-0.25, -0.2) is 14.8 Å². The van der Waals surface area contributed by atoms with Crippen LogP contribution in [0.5, 0.6) is 0 Å². The molecule has 2 aromatic heterocycles. The highest BCUT2D eigenvalue weighted by Gasteiger charge is 2.14. The number of pyridine rings is 1. The summed E-state index contributed by atoms with van der Waals surface area (Å²) >= 11 is 5.97. The Hall–Kier alpha value is -3.13. The lowest BCUT2D eigenvalue weighted by Gasteiger charge is -2.14. The number of amides is 1. The number of hydrogen-bond acceptors (Lipinski definition) is 5. The van der Waals surface area contributed by atoms with Crippen LogP contribution in [0.2, 0.25) is 5.02 Å². The lowest BCUT2D eigenvalue weighted by molar-refractivity contribution is 0.210. The van der Waals surface area contributed by atoms with Crippen molar-refractivity contribution in [2.45, 2.75) is 13.0 Å². The highest BCUT2D eigenvalue weighted by Crippen LogP contribution is 2.19. The lowest BCUT2D eigenvalue weighted by atomic mass is 10.2. The van der Waals surface area contributed by atoms with Crippen molar-refractivity contribution < 1.29 is 9.90 Å². The number of H-pyrrole nitrogens is 1. The molecule has 3 aromatic rings. The van der Waals surface area contributed by atoms with Crippen LogP contribution in [0.4, 0.5) is 16.3 Å². The Kier molecular flexibility index (Phi) is 4.53. The molecule has 0 saturated carbocycles. The minimum Gasteiger partial charge on any atom is -0.465 e. The fourth-order valence-electron chi connectivity index (χ4n) is 2.36. The third kappa shape index (κ3) is 3.86. The summed E-state index contributed by atoms with van der Waals surface area (Å²) in [6.45, 7) is 1.76. The van der Waals surface area contributed by atoms with E-state index in [0.717, 1.165) is 0 Å². The van der Waals surface area contributed by atoms with Crippen LogP contribution in [0.1, 0.15) is 18.7 Å². The molecule has 8 nitrogen and oxygen atoms in total. The van der Waals surface area contributed by atoms with Crippen LogP contribution < -0.4 is 16.2 Å². The minimum absolute atomic E-state index is 0.271. The van der Waals surface area contributed by atoms with Gasteiger partial charge in [-0.15, -0.1) is 0 Å². The van der Waals surface area contributed by atoms with E-state index in [1.165, 1.54) is 18.3 Å². The van der Waals surface area contributed by atoms with Gasteiger partial charge >= 0.3 is 6.09 Å². The average molecular weight is 360 g/mol. The van der Waals surface area contributed by atoms with E-state index < -0.39 is 12.1 Å². The van der Waals surface area contributed by atoms with Gasteiger partial charge in [0.25, 0.3) is 5.56 Å². The zero-order chi connectivity index (χ0) is 18.0. The van der Waals surface area contributed by atoms with Gasteiger partial charge in [0.1, 0.15) is 11.5 Å². The van der Waals surface area contributed by atoms with Crippen LogP contribution >= 0.6 is 11.6 Å². The third-order valence-electron chi connectivity index (χ3n) is 3.47. The topological polar surface area (TPSA) is 120 Å². The number of carboxylic acid groups (broad SMARTS) is 1. The van der Waals surface area contributed by atoms with Gasteiger partial charge in [-0.1, -0.05) is 11.6 Å². The number of nitrogens with zero attached hydrogens (tertiary/aromatic N) is 2. The summed E-state index contributed by atoms with van der Waals surface area (Å²) in [5, 5.41) is 14.6. The van der Waals surface area contributed by atoms with Gasteiger partial charge in [0.2, 0.25) is 0 Å². The van der Waals surface area contributed by atoms with Gasteiger partial charge in [-0.2, -0.15) is 0 Å². The highest BCUT2D eigenvalue weighted by atomic mass is 35.5. The summed E-state index contributed by atoms with van der Waals surface area (Å²) in [6.07, 6.45) is 0.285. The van der Waals surface area contributed by atoms with E-state index in [1.807, 2.05) is 0 Å². The molecule has 0 aliphatic heterocycles. The molecule has 3 rings (SSSR count). The molecular weight excluding hydrogens is 346 g/mol. The van der Waals surface area contributed by atoms with Gasteiger partial charge in [0.15, 0.2) is 0 Å². The maximum Gasteiger partial charge on any atom is 0.409 e. The number of benzene rings is 1. The van der Waals surface area contributed by atoms with Gasteiger partial charge in [0, 0.05) is 23.0 Å². The molecule has 0 spiro atoms. The summed E-state index contributed by atoms with van der Waals surface area (Å²) in [6, 6.07) is 7.62. The number of halogens is 1. The van der Waals surface area contributed by atoms with Crippen molar-refractivity contribution >= 4 is 40.2 Å². The number of aromatic nitrogens is 3. The molecule has 2 heterocycles. The van der Waals surface area contributed by atoms with E-state index in [4.69, 9.17) is 16.7 Å². The van der Waals surface area contributed by atoms with Crippen molar-refractivity contribution in [2.75, 3.05) is 10.6 Å². The molecular formula is C16H14ClN5O3. The number of anilines is 2. The predicted molar refractivity (Wildman–Crippen MR) is 95.3 cm³/mol. The Morgan fingerprint density at radius 2 is 2.12 bits per heavy atom. The smallest absolute Gasteiger partial charge is 0.409 e. The molecule has 0 radical (unpaired) electrons. The van der Waals surface area contributed by atoms with Crippen LogP contribution in [0.25, 0.3) is 11.0 Å². The standard InChI is InChI=1S/C16H14ClN5O3/c1-8(19-13-7-10(4-5-18-13)20-16(24)25)14-15(23)22-11-3-2-9(17)6-12(11)21-14/h2-8H,1H3,(H,22,23)(H,24,25)(H2,18,19,20)/t8-/m0/s1. The highest BCUT2D eigenvalue weighted by molar-refractivity contribution is 6.31. The summed E-state index contributed by atoms with van der Waals surface area (Å²) in [4.78, 5) is 34.2. The molecule has 128 valence electrons. The second kappa shape index (κ2) is 6.78. The second-order valence-electron chi connectivity index (χ2n) is 5.34. The fourth-order valence-corrected chi connectivity index (χ4v) is 2.53. The first-order chi connectivity index (χ1) is 11.9. The Labute approximate surface area is 146 Å².